The predicted octanol–water partition coefficient (Wildman–Crippen LogP) is 3.04. The molecule has 0 spiro atoms. The smallest absolute Gasteiger partial charge is 0.224 e. The zero-order valence-electron chi connectivity index (χ0n) is 11.5. The van der Waals surface area contributed by atoms with Crippen LogP contribution < -0.4 is 5.32 Å². The van der Waals surface area contributed by atoms with Gasteiger partial charge in [-0.3, -0.25) is 0 Å². The van der Waals surface area contributed by atoms with Crippen molar-refractivity contribution in [3.8, 4) is 0 Å². The lowest BCUT2D eigenvalue weighted by Gasteiger charge is -2.21. The molecule has 0 aliphatic rings. The van der Waals surface area contributed by atoms with E-state index in [0.717, 1.165) is 29.8 Å². The first-order valence-electron chi connectivity index (χ1n) is 6.44. The maximum Gasteiger partial charge on any atom is 0.224 e. The number of likely N-dealkylation sites (N-methyl/N-ethyl adjacent to an activating group) is 1. The van der Waals surface area contributed by atoms with Crippen molar-refractivity contribution < 1.29 is 0 Å². The number of hydrogen-bond acceptors (Lipinski definition) is 4. The number of rotatable bonds is 5. The second kappa shape index (κ2) is 6.17. The Morgan fingerprint density at radius 2 is 2.00 bits per heavy atom. The molecule has 0 radical (unpaired) electrons. The molecule has 0 fully saturated rings. The van der Waals surface area contributed by atoms with Crippen LogP contribution in [-0.2, 0) is 0 Å². The van der Waals surface area contributed by atoms with Crippen LogP contribution in [0.5, 0.6) is 0 Å². The number of fused-ring (bicyclic) bond motifs is 1. The normalized spacial score (nSPS) is 11.5. The van der Waals surface area contributed by atoms with Crippen LogP contribution in [-0.4, -0.2) is 41.0 Å². The van der Waals surface area contributed by atoms with E-state index in [1.165, 1.54) is 0 Å². The zero-order chi connectivity index (χ0) is 13.8. The van der Waals surface area contributed by atoms with E-state index in [4.69, 9.17) is 11.6 Å². The average Bonchev–Trinajstić information content (AvgIpc) is 2.38. The third-order valence-electron chi connectivity index (χ3n) is 3.21. The van der Waals surface area contributed by atoms with E-state index in [-0.39, 0.29) is 5.28 Å². The van der Waals surface area contributed by atoms with Gasteiger partial charge >= 0.3 is 0 Å². The lowest BCUT2D eigenvalue weighted by Crippen LogP contribution is -2.31. The molecule has 0 aliphatic carbocycles. The van der Waals surface area contributed by atoms with E-state index in [9.17, 15) is 0 Å². The number of nitrogens with zero attached hydrogens (tertiary/aromatic N) is 3. The zero-order valence-corrected chi connectivity index (χ0v) is 12.3. The summed E-state index contributed by atoms with van der Waals surface area (Å²) in [4.78, 5) is 10.8. The number of hydrogen-bond donors (Lipinski definition) is 1. The van der Waals surface area contributed by atoms with Crippen molar-refractivity contribution in [3.05, 3.63) is 29.5 Å². The van der Waals surface area contributed by atoms with Crippen LogP contribution >= 0.6 is 11.6 Å². The van der Waals surface area contributed by atoms with Crippen molar-refractivity contribution in [2.75, 3.05) is 25.5 Å². The number of nitrogens with one attached hydrogen (secondary N) is 1. The molecule has 0 saturated heterocycles. The van der Waals surface area contributed by atoms with Crippen LogP contribution in [0.15, 0.2) is 24.3 Å². The summed E-state index contributed by atoms with van der Waals surface area (Å²) in [5, 5.41) is 4.61. The molecule has 2 aromatic rings. The Kier molecular flexibility index (Phi) is 4.56. The summed E-state index contributed by atoms with van der Waals surface area (Å²) in [5.41, 5.74) is 0.863. The van der Waals surface area contributed by atoms with E-state index < -0.39 is 0 Å². The summed E-state index contributed by atoms with van der Waals surface area (Å²) in [6.45, 7) is 6.13. The minimum Gasteiger partial charge on any atom is -0.368 e. The summed E-state index contributed by atoms with van der Waals surface area (Å²) in [6.07, 6.45) is 0. The van der Waals surface area contributed by atoms with Crippen molar-refractivity contribution in [2.24, 2.45) is 0 Å². The molecule has 4 nitrogen and oxygen atoms in total. The average molecular weight is 279 g/mol. The minimum atomic E-state index is 0.276. The van der Waals surface area contributed by atoms with E-state index in [2.05, 4.69) is 41.1 Å². The molecule has 0 unspecified atom stereocenters. The van der Waals surface area contributed by atoms with Crippen LogP contribution in [0.25, 0.3) is 10.9 Å². The van der Waals surface area contributed by atoms with E-state index >= 15 is 0 Å². The Balaban J connectivity index is 2.12. The SMILES string of the molecule is CC(C)N(C)CCNc1nc(Cl)nc2ccccc12. The first-order chi connectivity index (χ1) is 9.08. The highest BCUT2D eigenvalue weighted by Crippen LogP contribution is 2.21. The standard InChI is InChI=1S/C14H19ClN4/c1-10(2)19(3)9-8-16-13-11-6-4-5-7-12(11)17-14(15)18-13/h4-7,10H,8-9H2,1-3H3,(H,16,17,18). The highest BCUT2D eigenvalue weighted by molar-refractivity contribution is 6.28. The van der Waals surface area contributed by atoms with Gasteiger partial charge in [0.25, 0.3) is 0 Å². The minimum absolute atomic E-state index is 0.276. The van der Waals surface area contributed by atoms with Crippen LogP contribution in [0, 0.1) is 0 Å². The monoisotopic (exact) mass is 278 g/mol. The molecule has 1 N–H and O–H groups in total. The van der Waals surface area contributed by atoms with Gasteiger partial charge in [-0.05, 0) is 44.6 Å². The largest absolute Gasteiger partial charge is 0.368 e. The molecule has 0 atom stereocenters. The molecule has 1 aromatic heterocycles. The third kappa shape index (κ3) is 3.55. The molecule has 2 rings (SSSR count). The van der Waals surface area contributed by atoms with Crippen LogP contribution in [0.1, 0.15) is 13.8 Å². The number of benzene rings is 1. The van der Waals surface area contributed by atoms with Crippen LogP contribution in [0.4, 0.5) is 5.82 Å². The predicted molar refractivity (Wildman–Crippen MR) is 80.8 cm³/mol. The molecule has 5 heteroatoms. The van der Waals surface area contributed by atoms with Gasteiger partial charge < -0.3 is 10.2 Å². The topological polar surface area (TPSA) is 41.0 Å². The van der Waals surface area contributed by atoms with Crippen molar-refractivity contribution in [2.45, 2.75) is 19.9 Å². The molecular formula is C14H19ClN4. The molecule has 0 amide bonds. The van der Waals surface area contributed by atoms with Gasteiger partial charge in [0.1, 0.15) is 5.82 Å². The van der Waals surface area contributed by atoms with E-state index in [0.29, 0.717) is 6.04 Å². The summed E-state index contributed by atoms with van der Waals surface area (Å²) >= 11 is 5.94. The second-order valence-electron chi connectivity index (χ2n) is 4.86. The van der Waals surface area contributed by atoms with Crippen LogP contribution in [0.2, 0.25) is 5.28 Å². The number of aromatic nitrogens is 2. The summed E-state index contributed by atoms with van der Waals surface area (Å²) in [5.74, 6) is 0.799. The Morgan fingerprint density at radius 3 is 2.74 bits per heavy atom. The van der Waals surface area contributed by atoms with Gasteiger partial charge in [-0.25, -0.2) is 9.97 Å². The number of anilines is 1. The highest BCUT2D eigenvalue weighted by Gasteiger charge is 2.07. The summed E-state index contributed by atoms with van der Waals surface area (Å²) in [7, 11) is 2.11. The Hall–Kier alpha value is -1.39. The van der Waals surface area contributed by atoms with Gasteiger partial charge in [0.2, 0.25) is 5.28 Å². The summed E-state index contributed by atoms with van der Waals surface area (Å²) in [6, 6.07) is 8.40. The lowest BCUT2D eigenvalue weighted by atomic mass is 10.2. The van der Waals surface area contributed by atoms with Crippen molar-refractivity contribution >= 4 is 28.3 Å². The molecule has 0 aliphatic heterocycles. The number of para-hydroxylation sites is 1. The number of halogens is 1. The molecule has 1 heterocycles. The highest BCUT2D eigenvalue weighted by atomic mass is 35.5. The van der Waals surface area contributed by atoms with Crippen LogP contribution in [0.3, 0.4) is 0 Å². The third-order valence-corrected chi connectivity index (χ3v) is 3.38. The molecule has 19 heavy (non-hydrogen) atoms. The fourth-order valence-electron chi connectivity index (χ4n) is 1.79. The fourth-order valence-corrected chi connectivity index (χ4v) is 1.97. The lowest BCUT2D eigenvalue weighted by molar-refractivity contribution is 0.284. The van der Waals surface area contributed by atoms with Crippen molar-refractivity contribution in [1.82, 2.24) is 14.9 Å². The Bertz CT molecular complexity index is 556. The second-order valence-corrected chi connectivity index (χ2v) is 5.20. The Morgan fingerprint density at radius 1 is 1.26 bits per heavy atom. The Labute approximate surface area is 118 Å². The molecule has 0 bridgehead atoms. The molecule has 1 aromatic carbocycles. The first kappa shape index (κ1) is 14.0. The van der Waals surface area contributed by atoms with Gasteiger partial charge in [0.05, 0.1) is 5.52 Å². The maximum atomic E-state index is 5.94. The van der Waals surface area contributed by atoms with Gasteiger partial charge in [-0.2, -0.15) is 0 Å². The first-order valence-corrected chi connectivity index (χ1v) is 6.82. The quantitative estimate of drug-likeness (QED) is 0.854. The van der Waals surface area contributed by atoms with Gasteiger partial charge in [0, 0.05) is 24.5 Å². The van der Waals surface area contributed by atoms with E-state index in [1.807, 2.05) is 24.3 Å². The van der Waals surface area contributed by atoms with Crippen molar-refractivity contribution in [3.63, 3.8) is 0 Å². The fraction of sp³-hybridized carbons (Fsp3) is 0.429. The van der Waals surface area contributed by atoms with Crippen molar-refractivity contribution in [1.29, 1.82) is 0 Å². The van der Waals surface area contributed by atoms with E-state index in [1.54, 1.807) is 0 Å². The maximum absolute atomic E-state index is 5.94. The van der Waals surface area contributed by atoms with Gasteiger partial charge in [-0.1, -0.05) is 12.1 Å². The molecular weight excluding hydrogens is 260 g/mol. The molecule has 102 valence electrons. The summed E-state index contributed by atoms with van der Waals surface area (Å²) < 4.78 is 0. The van der Waals surface area contributed by atoms with Gasteiger partial charge in [0.15, 0.2) is 0 Å². The molecule has 0 saturated carbocycles. The van der Waals surface area contributed by atoms with Gasteiger partial charge in [-0.15, -0.1) is 0 Å².